The quantitative estimate of drug-likeness (QED) is 0.488. The minimum absolute atomic E-state index is 0.0148. The van der Waals surface area contributed by atoms with Crippen molar-refractivity contribution < 1.29 is 4.79 Å². The lowest BCUT2D eigenvalue weighted by atomic mass is 10.2. The third kappa shape index (κ3) is 2.97. The highest BCUT2D eigenvalue weighted by Gasteiger charge is 2.30. The zero-order valence-corrected chi connectivity index (χ0v) is 15.9. The number of rotatable bonds is 4. The summed E-state index contributed by atoms with van der Waals surface area (Å²) in [5.74, 6) is 0.738. The van der Waals surface area contributed by atoms with Crippen LogP contribution in [-0.4, -0.2) is 35.6 Å². The van der Waals surface area contributed by atoms with Crippen LogP contribution in [0.25, 0.3) is 27.4 Å². The maximum atomic E-state index is 12.0. The van der Waals surface area contributed by atoms with Gasteiger partial charge in [-0.1, -0.05) is 34.5 Å². The average Bonchev–Trinajstić information content (AvgIpc) is 3.08. The van der Waals surface area contributed by atoms with E-state index >= 15 is 0 Å². The zero-order chi connectivity index (χ0) is 18.5. The molecule has 1 aliphatic rings. The molecule has 5 rings (SSSR count). The molecule has 0 radical (unpaired) electrons. The average molecular weight is 420 g/mol. The Labute approximate surface area is 166 Å². The van der Waals surface area contributed by atoms with Gasteiger partial charge in [-0.05, 0) is 18.9 Å². The van der Waals surface area contributed by atoms with Crippen molar-refractivity contribution in [3.63, 3.8) is 0 Å². The van der Waals surface area contributed by atoms with E-state index in [-0.39, 0.29) is 11.8 Å². The van der Waals surface area contributed by atoms with Gasteiger partial charge in [0.1, 0.15) is 16.2 Å². The molecule has 1 fully saturated rings. The molecule has 0 saturated heterocycles. The highest BCUT2D eigenvalue weighted by atomic mass is 35.5. The summed E-state index contributed by atoms with van der Waals surface area (Å²) in [5, 5.41) is 11.4. The number of aromatic amines is 1. The second kappa shape index (κ2) is 6.29. The molecule has 2 N–H and O–H groups in total. The monoisotopic (exact) mass is 419 g/mol. The fourth-order valence-corrected chi connectivity index (χ4v) is 4.00. The highest BCUT2D eigenvalue weighted by molar-refractivity contribution is 7.22. The predicted molar refractivity (Wildman–Crippen MR) is 103 cm³/mol. The third-order valence-corrected chi connectivity index (χ3v) is 5.70. The number of fused-ring (bicyclic) bond motifs is 1. The maximum Gasteiger partial charge on any atom is 0.229 e. The van der Waals surface area contributed by atoms with Crippen molar-refractivity contribution in [2.75, 3.05) is 5.32 Å². The van der Waals surface area contributed by atoms with Gasteiger partial charge in [-0.3, -0.25) is 14.5 Å². The minimum atomic E-state index is 0.0148. The first-order valence-corrected chi connectivity index (χ1v) is 9.67. The summed E-state index contributed by atoms with van der Waals surface area (Å²) in [7, 11) is 0. The van der Waals surface area contributed by atoms with Crippen LogP contribution in [0.15, 0.2) is 24.8 Å². The van der Waals surface area contributed by atoms with Gasteiger partial charge in [0.15, 0.2) is 16.6 Å². The van der Waals surface area contributed by atoms with E-state index in [4.69, 9.17) is 23.2 Å². The first kappa shape index (κ1) is 16.7. The van der Waals surface area contributed by atoms with E-state index in [1.807, 2.05) is 0 Å². The number of nitrogens with zero attached hydrogens (tertiary/aromatic N) is 5. The van der Waals surface area contributed by atoms with Gasteiger partial charge in [0.05, 0.1) is 16.9 Å². The number of hydrogen-bond acceptors (Lipinski definition) is 6. The first-order chi connectivity index (χ1) is 13.1. The summed E-state index contributed by atoms with van der Waals surface area (Å²) >= 11 is 13.7. The van der Waals surface area contributed by atoms with Crippen molar-refractivity contribution >= 4 is 55.9 Å². The van der Waals surface area contributed by atoms with Crippen LogP contribution in [0.2, 0.25) is 10.2 Å². The molecule has 4 heterocycles. The van der Waals surface area contributed by atoms with Crippen LogP contribution in [0.3, 0.4) is 0 Å². The van der Waals surface area contributed by atoms with Crippen molar-refractivity contribution in [3.05, 3.63) is 35.0 Å². The van der Waals surface area contributed by atoms with Gasteiger partial charge in [-0.2, -0.15) is 5.10 Å². The number of imidazole rings is 1. The molecule has 0 spiro atoms. The molecule has 1 aliphatic carbocycles. The number of H-pyrrole nitrogens is 1. The molecule has 1 amide bonds. The SMILES string of the molecule is O=C(Nc1nc2[nH]nc(-n3cncc3-c3cc(Cl)cnc3Cl)c2s1)C1CC1. The lowest BCUT2D eigenvalue weighted by molar-refractivity contribution is -0.117. The number of amides is 1. The maximum absolute atomic E-state index is 12.0. The smallest absolute Gasteiger partial charge is 0.229 e. The molecule has 136 valence electrons. The molecule has 4 aromatic heterocycles. The fraction of sp³-hybridized carbons (Fsp3) is 0.188. The van der Waals surface area contributed by atoms with E-state index in [9.17, 15) is 4.79 Å². The first-order valence-electron chi connectivity index (χ1n) is 8.10. The van der Waals surface area contributed by atoms with E-state index in [1.165, 1.54) is 17.5 Å². The fourth-order valence-electron chi connectivity index (χ4n) is 2.74. The number of carbonyl (C=O) groups is 1. The predicted octanol–water partition coefficient (Wildman–Crippen LogP) is 3.92. The minimum Gasteiger partial charge on any atom is -0.302 e. The van der Waals surface area contributed by atoms with E-state index < -0.39 is 0 Å². The van der Waals surface area contributed by atoms with Crippen molar-refractivity contribution in [3.8, 4) is 17.1 Å². The van der Waals surface area contributed by atoms with Crippen LogP contribution in [0.1, 0.15) is 12.8 Å². The number of pyridine rings is 1. The van der Waals surface area contributed by atoms with Crippen molar-refractivity contribution in [1.29, 1.82) is 0 Å². The molecule has 0 unspecified atom stereocenters. The Morgan fingerprint density at radius 2 is 2.19 bits per heavy atom. The number of carbonyl (C=O) groups excluding carboxylic acids is 1. The zero-order valence-electron chi connectivity index (χ0n) is 13.6. The molecule has 8 nitrogen and oxygen atoms in total. The van der Waals surface area contributed by atoms with E-state index in [2.05, 4.69) is 30.5 Å². The summed E-state index contributed by atoms with van der Waals surface area (Å²) in [6.45, 7) is 0. The van der Waals surface area contributed by atoms with Gasteiger partial charge in [-0.25, -0.2) is 15.0 Å². The Morgan fingerprint density at radius 1 is 1.33 bits per heavy atom. The Hall–Kier alpha value is -2.49. The summed E-state index contributed by atoms with van der Waals surface area (Å²) in [6.07, 6.45) is 6.66. The largest absolute Gasteiger partial charge is 0.302 e. The van der Waals surface area contributed by atoms with Crippen LogP contribution in [-0.2, 0) is 4.79 Å². The Morgan fingerprint density at radius 3 is 3.00 bits per heavy atom. The van der Waals surface area contributed by atoms with Gasteiger partial charge < -0.3 is 5.32 Å². The number of nitrogens with one attached hydrogen (secondary N) is 2. The molecule has 11 heteroatoms. The molecule has 0 bridgehead atoms. The van der Waals surface area contributed by atoms with Crippen molar-refractivity contribution in [2.24, 2.45) is 5.92 Å². The molecule has 4 aromatic rings. The summed E-state index contributed by atoms with van der Waals surface area (Å²) in [4.78, 5) is 24.7. The normalized spacial score (nSPS) is 14.0. The van der Waals surface area contributed by atoms with E-state index in [1.54, 1.807) is 23.2 Å². The van der Waals surface area contributed by atoms with Crippen LogP contribution in [0, 0.1) is 5.92 Å². The number of halogens is 2. The Bertz CT molecular complexity index is 1180. The van der Waals surface area contributed by atoms with Crippen LogP contribution in [0.4, 0.5) is 5.13 Å². The van der Waals surface area contributed by atoms with Gasteiger partial charge >= 0.3 is 0 Å². The second-order valence-electron chi connectivity index (χ2n) is 6.15. The Kier molecular flexibility index (Phi) is 3.88. The van der Waals surface area contributed by atoms with Crippen LogP contribution >= 0.6 is 34.5 Å². The van der Waals surface area contributed by atoms with Gasteiger partial charge in [0.25, 0.3) is 0 Å². The molecule has 0 aliphatic heterocycles. The number of aromatic nitrogens is 6. The molecule has 27 heavy (non-hydrogen) atoms. The van der Waals surface area contributed by atoms with Crippen LogP contribution < -0.4 is 5.32 Å². The van der Waals surface area contributed by atoms with Gasteiger partial charge in [-0.15, -0.1) is 0 Å². The molecule has 1 saturated carbocycles. The molecular weight excluding hydrogens is 409 g/mol. The molecular formula is C16H11Cl2N7OS. The standard InChI is InChI=1S/C16H11Cl2N7OS/c17-8-3-9(12(18)20-4-8)10-5-19-6-25(10)14-11-13(23-24-14)21-16(27-11)22-15(26)7-1-2-7/h3-7H,1-2H2,(H2,21,22,23,24,26). The van der Waals surface area contributed by atoms with Gasteiger partial charge in [0, 0.05) is 17.7 Å². The molecule has 0 atom stereocenters. The summed E-state index contributed by atoms with van der Waals surface area (Å²) in [5.41, 5.74) is 1.93. The van der Waals surface area contributed by atoms with Gasteiger partial charge in [0.2, 0.25) is 5.91 Å². The van der Waals surface area contributed by atoms with Crippen molar-refractivity contribution in [2.45, 2.75) is 12.8 Å². The highest BCUT2D eigenvalue weighted by Crippen LogP contribution is 2.35. The Balaban J connectivity index is 1.56. The third-order valence-electron chi connectivity index (χ3n) is 4.22. The van der Waals surface area contributed by atoms with Crippen LogP contribution in [0.5, 0.6) is 0 Å². The number of thiazole rings is 1. The second-order valence-corrected chi connectivity index (χ2v) is 7.94. The van der Waals surface area contributed by atoms with E-state index in [0.29, 0.717) is 38.0 Å². The number of hydrogen-bond donors (Lipinski definition) is 2. The summed E-state index contributed by atoms with van der Waals surface area (Å²) in [6, 6.07) is 1.72. The number of anilines is 1. The lowest BCUT2D eigenvalue weighted by Crippen LogP contribution is -2.12. The van der Waals surface area contributed by atoms with Crippen molar-refractivity contribution in [1.82, 2.24) is 29.7 Å². The topological polar surface area (TPSA) is 101 Å². The van der Waals surface area contributed by atoms with E-state index in [0.717, 1.165) is 17.5 Å². The lowest BCUT2D eigenvalue weighted by Gasteiger charge is -2.07. The summed E-state index contributed by atoms with van der Waals surface area (Å²) < 4.78 is 2.58. The molecule has 0 aromatic carbocycles.